The summed E-state index contributed by atoms with van der Waals surface area (Å²) < 4.78 is 6.44. The van der Waals surface area contributed by atoms with Crippen LogP contribution >= 0.6 is 15.9 Å². The average molecular weight is 420 g/mol. The van der Waals surface area contributed by atoms with E-state index < -0.39 is 6.10 Å². The van der Waals surface area contributed by atoms with Crippen molar-refractivity contribution in [1.82, 2.24) is 0 Å². The summed E-state index contributed by atoms with van der Waals surface area (Å²) in [6.07, 6.45) is 7.31. The lowest BCUT2D eigenvalue weighted by Crippen LogP contribution is -2.47. The van der Waals surface area contributed by atoms with Gasteiger partial charge in [0.25, 0.3) is 5.91 Å². The highest BCUT2D eigenvalue weighted by Gasteiger charge is 2.51. The van der Waals surface area contributed by atoms with Gasteiger partial charge in [0.2, 0.25) is 0 Å². The first-order valence-corrected chi connectivity index (χ1v) is 10.5. The molecule has 1 N–H and O–H groups in total. The molecule has 5 rings (SSSR count). The molecule has 0 aromatic heterocycles. The van der Waals surface area contributed by atoms with E-state index in [1.165, 1.54) is 38.5 Å². The van der Waals surface area contributed by atoms with Gasteiger partial charge in [-0.2, -0.15) is 0 Å². The molecule has 0 saturated heterocycles. The number of benzene rings is 1. The van der Waals surface area contributed by atoms with E-state index in [1.807, 2.05) is 24.3 Å². The zero-order valence-electron chi connectivity index (χ0n) is 15.2. The maximum absolute atomic E-state index is 12.5. The minimum atomic E-state index is -0.778. The molecule has 0 spiro atoms. The second-order valence-corrected chi connectivity index (χ2v) is 9.64. The van der Waals surface area contributed by atoms with E-state index >= 15 is 0 Å². The monoisotopic (exact) mass is 419 g/mol. The Morgan fingerprint density at radius 2 is 1.65 bits per heavy atom. The van der Waals surface area contributed by atoms with Crippen molar-refractivity contribution < 1.29 is 14.3 Å². The summed E-state index contributed by atoms with van der Waals surface area (Å²) in [6.45, 7) is 1.64. The average Bonchev–Trinajstić information content (AvgIpc) is 2.55. The number of carbonyl (C=O) groups excluding carboxylic acids is 2. The second-order valence-electron chi connectivity index (χ2n) is 8.72. The van der Waals surface area contributed by atoms with Gasteiger partial charge in [-0.25, -0.2) is 0 Å². The lowest BCUT2D eigenvalue weighted by molar-refractivity contribution is -0.160. The van der Waals surface area contributed by atoms with Crippen molar-refractivity contribution in [3.8, 4) is 0 Å². The standard InChI is InChI=1S/C21H26BrNO3/c1-13(20(25)23-18-4-2-17(22)3-5-18)26-19(24)12-21-9-14-6-15(10-21)8-16(7-14)11-21/h2-5,13-16H,6-12H2,1H3,(H,23,25)/t13-,14?,15?,16?,21?/m1/s1. The third-order valence-electron chi connectivity index (χ3n) is 6.47. The predicted molar refractivity (Wildman–Crippen MR) is 104 cm³/mol. The topological polar surface area (TPSA) is 55.4 Å². The Bertz CT molecular complexity index is 664. The number of carbonyl (C=O) groups is 2. The first-order valence-electron chi connectivity index (χ1n) is 9.67. The number of nitrogens with one attached hydrogen (secondary N) is 1. The van der Waals surface area contributed by atoms with Crippen molar-refractivity contribution in [2.75, 3.05) is 5.32 Å². The Hall–Kier alpha value is -1.36. The van der Waals surface area contributed by atoms with Gasteiger partial charge in [-0.15, -0.1) is 0 Å². The first kappa shape index (κ1) is 18.0. The molecule has 1 atom stereocenters. The van der Waals surface area contributed by atoms with Crippen molar-refractivity contribution in [3.05, 3.63) is 28.7 Å². The molecule has 1 aromatic rings. The first-order chi connectivity index (χ1) is 12.4. The second kappa shape index (κ2) is 6.99. The van der Waals surface area contributed by atoms with Gasteiger partial charge in [0.1, 0.15) is 0 Å². The van der Waals surface area contributed by atoms with E-state index in [1.54, 1.807) is 6.92 Å². The van der Waals surface area contributed by atoms with Crippen LogP contribution in [0.15, 0.2) is 28.7 Å². The predicted octanol–water partition coefficient (Wildman–Crippen LogP) is 4.93. The van der Waals surface area contributed by atoms with Gasteiger partial charge < -0.3 is 10.1 Å². The summed E-state index contributed by atoms with van der Waals surface area (Å²) in [5, 5.41) is 2.80. The van der Waals surface area contributed by atoms with Gasteiger partial charge >= 0.3 is 5.97 Å². The van der Waals surface area contributed by atoms with Gasteiger partial charge in [-0.1, -0.05) is 15.9 Å². The Morgan fingerprint density at radius 1 is 1.12 bits per heavy atom. The third kappa shape index (κ3) is 3.83. The van der Waals surface area contributed by atoms with E-state index in [0.29, 0.717) is 12.1 Å². The summed E-state index contributed by atoms with van der Waals surface area (Å²) in [5.41, 5.74) is 0.843. The maximum atomic E-state index is 12.5. The molecule has 140 valence electrons. The van der Waals surface area contributed by atoms with E-state index in [9.17, 15) is 9.59 Å². The van der Waals surface area contributed by atoms with E-state index in [-0.39, 0.29) is 17.3 Å². The fraction of sp³-hybridized carbons (Fsp3) is 0.619. The molecule has 1 aromatic carbocycles. The van der Waals surface area contributed by atoms with Gasteiger partial charge in [-0.05, 0) is 92.9 Å². The normalized spacial score (nSPS) is 32.9. The smallest absolute Gasteiger partial charge is 0.307 e. The number of rotatable bonds is 5. The van der Waals surface area contributed by atoms with Gasteiger partial charge in [0.15, 0.2) is 6.10 Å². The fourth-order valence-electron chi connectivity index (χ4n) is 5.88. The minimum Gasteiger partial charge on any atom is -0.453 e. The van der Waals surface area contributed by atoms with Crippen molar-refractivity contribution in [2.24, 2.45) is 23.2 Å². The number of anilines is 1. The molecule has 4 bridgehead atoms. The highest BCUT2D eigenvalue weighted by molar-refractivity contribution is 9.10. The molecular formula is C21H26BrNO3. The Morgan fingerprint density at radius 3 is 2.19 bits per heavy atom. The lowest BCUT2D eigenvalue weighted by Gasteiger charge is -2.56. The molecule has 0 aliphatic heterocycles. The van der Waals surface area contributed by atoms with Crippen LogP contribution in [-0.2, 0) is 14.3 Å². The van der Waals surface area contributed by atoms with E-state index in [4.69, 9.17) is 4.74 Å². The largest absolute Gasteiger partial charge is 0.453 e. The molecule has 4 saturated carbocycles. The van der Waals surface area contributed by atoms with Gasteiger partial charge in [-0.3, -0.25) is 9.59 Å². The Balaban J connectivity index is 1.31. The van der Waals surface area contributed by atoms with Crippen molar-refractivity contribution in [2.45, 2.75) is 58.0 Å². The van der Waals surface area contributed by atoms with Crippen LogP contribution in [0.3, 0.4) is 0 Å². The lowest BCUT2D eigenvalue weighted by atomic mass is 9.49. The number of hydrogen-bond donors (Lipinski definition) is 1. The molecule has 26 heavy (non-hydrogen) atoms. The SMILES string of the molecule is C[C@@H](OC(=O)CC12CC3CC(CC(C3)C1)C2)C(=O)Nc1ccc(Br)cc1. The Labute approximate surface area is 163 Å². The number of esters is 1. The molecule has 0 unspecified atom stereocenters. The Kier molecular flexibility index (Phi) is 4.84. The van der Waals surface area contributed by atoms with Crippen LogP contribution in [0.4, 0.5) is 5.69 Å². The molecule has 0 radical (unpaired) electrons. The highest BCUT2D eigenvalue weighted by atomic mass is 79.9. The number of hydrogen-bond acceptors (Lipinski definition) is 3. The van der Waals surface area contributed by atoms with Crippen LogP contribution in [0.25, 0.3) is 0 Å². The third-order valence-corrected chi connectivity index (χ3v) is 7.00. The molecule has 4 nitrogen and oxygen atoms in total. The quantitative estimate of drug-likeness (QED) is 0.688. The summed E-state index contributed by atoms with van der Waals surface area (Å²) >= 11 is 3.37. The fourth-order valence-corrected chi connectivity index (χ4v) is 6.15. The zero-order valence-corrected chi connectivity index (χ0v) is 16.8. The summed E-state index contributed by atoms with van der Waals surface area (Å²) in [7, 11) is 0. The van der Waals surface area contributed by atoms with Gasteiger partial charge in [0, 0.05) is 10.2 Å². The van der Waals surface area contributed by atoms with Gasteiger partial charge in [0.05, 0.1) is 6.42 Å². The minimum absolute atomic E-state index is 0.147. The molecule has 4 aliphatic rings. The van der Waals surface area contributed by atoms with Crippen LogP contribution in [0.5, 0.6) is 0 Å². The molecule has 0 heterocycles. The summed E-state index contributed by atoms with van der Waals surface area (Å²) in [6, 6.07) is 7.34. The molecule has 1 amide bonds. The maximum Gasteiger partial charge on any atom is 0.307 e. The zero-order chi connectivity index (χ0) is 18.3. The van der Waals surface area contributed by atoms with Crippen molar-refractivity contribution in [1.29, 1.82) is 0 Å². The van der Waals surface area contributed by atoms with E-state index in [2.05, 4.69) is 21.2 Å². The number of ether oxygens (including phenoxy) is 1. The molecule has 5 heteroatoms. The van der Waals surface area contributed by atoms with Crippen molar-refractivity contribution >= 4 is 33.5 Å². The summed E-state index contributed by atoms with van der Waals surface area (Å²) in [5.74, 6) is 1.93. The van der Waals surface area contributed by atoms with Crippen molar-refractivity contribution in [3.63, 3.8) is 0 Å². The van der Waals surface area contributed by atoms with Crippen LogP contribution in [0.2, 0.25) is 0 Å². The van der Waals surface area contributed by atoms with Crippen LogP contribution in [-0.4, -0.2) is 18.0 Å². The van der Waals surface area contributed by atoms with E-state index in [0.717, 1.165) is 22.2 Å². The highest BCUT2D eigenvalue weighted by Crippen LogP contribution is 2.61. The van der Waals surface area contributed by atoms with Crippen LogP contribution < -0.4 is 5.32 Å². The van der Waals surface area contributed by atoms with Crippen LogP contribution in [0.1, 0.15) is 51.9 Å². The van der Waals surface area contributed by atoms with Crippen LogP contribution in [0, 0.1) is 23.2 Å². The molecule has 4 aliphatic carbocycles. The number of amides is 1. The number of halogens is 1. The molecular weight excluding hydrogens is 394 g/mol. The summed E-state index contributed by atoms with van der Waals surface area (Å²) in [4.78, 5) is 24.8. The molecule has 4 fully saturated rings.